The minimum absolute atomic E-state index is 0.418. The Labute approximate surface area is 101 Å². The molecule has 0 aliphatic heterocycles. The predicted molar refractivity (Wildman–Crippen MR) is 74.3 cm³/mol. The van der Waals surface area contributed by atoms with E-state index in [1.165, 1.54) is 18.3 Å². The van der Waals surface area contributed by atoms with Crippen molar-refractivity contribution in [2.75, 3.05) is 0 Å². The normalized spacial score (nSPS) is 18.1. The van der Waals surface area contributed by atoms with Gasteiger partial charge in [-0.2, -0.15) is 0 Å². The first kappa shape index (κ1) is 11.8. The number of aryl methyl sites for hydroxylation is 1. The molecule has 86 valence electrons. The smallest absolute Gasteiger partial charge is 0.0887 e. The second kappa shape index (κ2) is 3.94. The van der Waals surface area contributed by atoms with Gasteiger partial charge >= 0.3 is 0 Å². The quantitative estimate of drug-likeness (QED) is 0.663. The van der Waals surface area contributed by atoms with Gasteiger partial charge in [0, 0.05) is 5.41 Å². The van der Waals surface area contributed by atoms with Crippen molar-refractivity contribution in [3.05, 3.63) is 29.3 Å². The molecule has 0 unspecified atom stereocenters. The molecular weight excluding hydrogens is 191 g/mol. The lowest BCUT2D eigenvalue weighted by Crippen LogP contribution is -2.36. The molecule has 0 spiro atoms. The van der Waals surface area contributed by atoms with Gasteiger partial charge in [-0.3, -0.25) is 0 Å². The summed E-state index contributed by atoms with van der Waals surface area (Å²) in [6.45, 7) is 9.55. The van der Waals surface area contributed by atoms with E-state index in [0.717, 1.165) is 11.8 Å². The number of benzene rings is 1. The Hall–Kier alpha value is -0.715. The fourth-order valence-corrected chi connectivity index (χ4v) is 3.68. The molecule has 0 radical (unpaired) electrons. The zero-order chi connectivity index (χ0) is 11.9. The van der Waals surface area contributed by atoms with Crippen LogP contribution in [0.25, 0.3) is 0 Å². The zero-order valence-electron chi connectivity index (χ0n) is 11.3. The summed E-state index contributed by atoms with van der Waals surface area (Å²) in [4.78, 5) is 0. The Bertz CT molecular complexity index is 382. The molecule has 0 amide bonds. The monoisotopic (exact) mass is 214 g/mol. The van der Waals surface area contributed by atoms with Gasteiger partial charge in [-0.25, -0.2) is 0 Å². The summed E-state index contributed by atoms with van der Waals surface area (Å²) < 4.78 is 0. The van der Waals surface area contributed by atoms with Crippen LogP contribution in [0, 0.1) is 11.8 Å². The van der Waals surface area contributed by atoms with E-state index in [0.29, 0.717) is 5.41 Å². The molecule has 0 saturated heterocycles. The van der Waals surface area contributed by atoms with Crippen LogP contribution in [0.4, 0.5) is 0 Å². The molecule has 0 atom stereocenters. The van der Waals surface area contributed by atoms with Gasteiger partial charge in [0.1, 0.15) is 7.85 Å². The Morgan fingerprint density at radius 1 is 1.12 bits per heavy atom. The lowest BCUT2D eigenvalue weighted by Gasteiger charge is -2.39. The topological polar surface area (TPSA) is 0 Å². The van der Waals surface area contributed by atoms with E-state index < -0.39 is 0 Å². The first-order chi connectivity index (χ1) is 7.48. The van der Waals surface area contributed by atoms with Crippen molar-refractivity contribution in [1.82, 2.24) is 0 Å². The Morgan fingerprint density at radius 3 is 2.31 bits per heavy atom. The molecular formula is C15H23B. The van der Waals surface area contributed by atoms with Gasteiger partial charge < -0.3 is 0 Å². The zero-order valence-corrected chi connectivity index (χ0v) is 11.3. The molecule has 0 saturated carbocycles. The van der Waals surface area contributed by atoms with E-state index in [1.807, 2.05) is 0 Å². The summed E-state index contributed by atoms with van der Waals surface area (Å²) in [6.07, 6.45) is 2.60. The van der Waals surface area contributed by atoms with E-state index in [1.54, 1.807) is 11.1 Å². The average Bonchev–Trinajstić information content (AvgIpc) is 2.57. The number of fused-ring (bicyclic) bond motifs is 1. The summed E-state index contributed by atoms with van der Waals surface area (Å²) in [5.41, 5.74) is 5.05. The molecule has 16 heavy (non-hydrogen) atoms. The summed E-state index contributed by atoms with van der Waals surface area (Å²) in [7, 11) is 2.21. The summed E-state index contributed by atoms with van der Waals surface area (Å²) >= 11 is 0. The van der Waals surface area contributed by atoms with E-state index in [9.17, 15) is 0 Å². The lowest BCUT2D eigenvalue weighted by atomic mass is 9.65. The van der Waals surface area contributed by atoms with E-state index in [-0.39, 0.29) is 0 Å². The van der Waals surface area contributed by atoms with Crippen molar-refractivity contribution in [1.29, 1.82) is 0 Å². The van der Waals surface area contributed by atoms with Gasteiger partial charge in [-0.15, -0.1) is 0 Å². The van der Waals surface area contributed by atoms with Gasteiger partial charge in [-0.05, 0) is 35.8 Å². The first-order valence-electron chi connectivity index (χ1n) is 6.58. The van der Waals surface area contributed by atoms with Crippen LogP contribution < -0.4 is 5.46 Å². The summed E-state index contributed by atoms with van der Waals surface area (Å²) in [6, 6.07) is 7.04. The van der Waals surface area contributed by atoms with Crippen molar-refractivity contribution in [2.45, 2.75) is 46.0 Å². The third-order valence-corrected chi connectivity index (χ3v) is 4.64. The molecule has 1 aromatic rings. The second-order valence-corrected chi connectivity index (χ2v) is 6.01. The van der Waals surface area contributed by atoms with Crippen LogP contribution in [-0.4, -0.2) is 7.85 Å². The Morgan fingerprint density at radius 2 is 1.75 bits per heavy atom. The van der Waals surface area contributed by atoms with Crippen molar-refractivity contribution in [2.24, 2.45) is 11.8 Å². The summed E-state index contributed by atoms with van der Waals surface area (Å²) in [5, 5.41) is 0. The minimum Gasteiger partial charge on any atom is -0.0887 e. The standard InChI is InChI=1S/C15H23B/c1-10(2)15(11(3)4)8-7-12-5-6-13(16)9-14(12)15/h5-6,9-11H,7-8,16H2,1-4H3. The molecule has 0 fully saturated rings. The molecule has 0 heterocycles. The van der Waals surface area contributed by atoms with Gasteiger partial charge in [0.05, 0.1) is 0 Å². The predicted octanol–water partition coefficient (Wildman–Crippen LogP) is 2.44. The molecule has 0 nitrogen and oxygen atoms in total. The number of hydrogen-bond acceptors (Lipinski definition) is 0. The van der Waals surface area contributed by atoms with Crippen LogP contribution in [0.2, 0.25) is 0 Å². The molecule has 1 aliphatic carbocycles. The maximum atomic E-state index is 2.43. The Kier molecular flexibility index (Phi) is 2.90. The van der Waals surface area contributed by atoms with Crippen molar-refractivity contribution in [3.8, 4) is 0 Å². The van der Waals surface area contributed by atoms with Gasteiger partial charge in [-0.1, -0.05) is 51.4 Å². The van der Waals surface area contributed by atoms with E-state index in [2.05, 4.69) is 53.7 Å². The van der Waals surface area contributed by atoms with Gasteiger partial charge in [0.15, 0.2) is 0 Å². The van der Waals surface area contributed by atoms with Gasteiger partial charge in [0.25, 0.3) is 0 Å². The highest BCUT2D eigenvalue weighted by molar-refractivity contribution is 6.32. The van der Waals surface area contributed by atoms with Crippen LogP contribution >= 0.6 is 0 Å². The average molecular weight is 214 g/mol. The van der Waals surface area contributed by atoms with Crippen molar-refractivity contribution >= 4 is 13.3 Å². The minimum atomic E-state index is 0.418. The van der Waals surface area contributed by atoms with E-state index >= 15 is 0 Å². The van der Waals surface area contributed by atoms with Crippen LogP contribution in [-0.2, 0) is 11.8 Å². The third-order valence-electron chi connectivity index (χ3n) is 4.64. The fourth-order valence-electron chi connectivity index (χ4n) is 3.68. The maximum absolute atomic E-state index is 2.43. The molecule has 2 rings (SSSR count). The van der Waals surface area contributed by atoms with Crippen LogP contribution in [0.15, 0.2) is 18.2 Å². The SMILES string of the molecule is Bc1ccc2c(c1)C(C(C)C)(C(C)C)CC2. The third kappa shape index (κ3) is 1.52. The van der Waals surface area contributed by atoms with Gasteiger partial charge in [0.2, 0.25) is 0 Å². The highest BCUT2D eigenvalue weighted by Gasteiger charge is 2.43. The second-order valence-electron chi connectivity index (χ2n) is 6.01. The number of hydrogen-bond donors (Lipinski definition) is 0. The van der Waals surface area contributed by atoms with Crippen LogP contribution in [0.5, 0.6) is 0 Å². The molecule has 1 aliphatic rings. The summed E-state index contributed by atoms with van der Waals surface area (Å²) in [5.74, 6) is 1.46. The molecule has 1 heteroatoms. The van der Waals surface area contributed by atoms with Crippen molar-refractivity contribution < 1.29 is 0 Å². The lowest BCUT2D eigenvalue weighted by molar-refractivity contribution is 0.218. The van der Waals surface area contributed by atoms with E-state index in [4.69, 9.17) is 0 Å². The van der Waals surface area contributed by atoms with Crippen LogP contribution in [0.1, 0.15) is 45.2 Å². The fraction of sp³-hybridized carbons (Fsp3) is 0.600. The number of rotatable bonds is 2. The highest BCUT2D eigenvalue weighted by atomic mass is 14.5. The molecule has 0 N–H and O–H groups in total. The maximum Gasteiger partial charge on any atom is 0.139 e. The largest absolute Gasteiger partial charge is 0.139 e. The Balaban J connectivity index is 2.58. The molecule has 0 aromatic heterocycles. The first-order valence-corrected chi connectivity index (χ1v) is 6.58. The molecule has 1 aromatic carbocycles. The van der Waals surface area contributed by atoms with Crippen LogP contribution in [0.3, 0.4) is 0 Å². The van der Waals surface area contributed by atoms with Crippen molar-refractivity contribution in [3.63, 3.8) is 0 Å². The highest BCUT2D eigenvalue weighted by Crippen LogP contribution is 2.48. The molecule has 0 bridgehead atoms.